The summed E-state index contributed by atoms with van der Waals surface area (Å²) in [6.45, 7) is 0.622. The van der Waals surface area contributed by atoms with Crippen LogP contribution < -0.4 is 11.1 Å². The number of nitrogens with one attached hydrogen (secondary N) is 1. The summed E-state index contributed by atoms with van der Waals surface area (Å²) in [6, 6.07) is 7.60. The van der Waals surface area contributed by atoms with Crippen LogP contribution in [0.2, 0.25) is 5.02 Å². The zero-order chi connectivity index (χ0) is 13.2. The van der Waals surface area contributed by atoms with Gasteiger partial charge in [0.15, 0.2) is 5.82 Å². The number of rotatable bonds is 3. The van der Waals surface area contributed by atoms with Gasteiger partial charge in [-0.2, -0.15) is 0 Å². The van der Waals surface area contributed by atoms with Gasteiger partial charge in [0.2, 0.25) is 11.6 Å². The predicted octanol–water partition coefficient (Wildman–Crippen LogP) is 1.97. The second-order valence-corrected chi connectivity index (χ2v) is 4.44. The van der Waals surface area contributed by atoms with Crippen molar-refractivity contribution in [3.05, 3.63) is 47.2 Å². The molecule has 3 rings (SSSR count). The summed E-state index contributed by atoms with van der Waals surface area (Å²) in [6.07, 6.45) is 3.37. The van der Waals surface area contributed by atoms with Crippen molar-refractivity contribution in [2.24, 2.45) is 0 Å². The van der Waals surface area contributed by atoms with Gasteiger partial charge in [0, 0.05) is 24.0 Å². The molecule has 0 aliphatic rings. The van der Waals surface area contributed by atoms with Crippen LogP contribution in [0.15, 0.2) is 36.7 Å². The summed E-state index contributed by atoms with van der Waals surface area (Å²) in [5.74, 6) is 0.980. The molecule has 0 spiro atoms. The Kier molecular flexibility index (Phi) is 2.92. The number of anilines is 2. The number of aromatic nitrogens is 4. The molecule has 0 atom stereocenters. The Morgan fingerprint density at radius 1 is 1.21 bits per heavy atom. The maximum absolute atomic E-state index is 5.84. The van der Waals surface area contributed by atoms with E-state index in [-0.39, 0.29) is 0 Å². The SMILES string of the molecule is Nc1nnc2c(NCc3ccc(Cl)cc3)nccn12. The molecule has 0 unspecified atom stereocenters. The minimum atomic E-state index is 0.340. The molecule has 3 aromatic rings. The van der Waals surface area contributed by atoms with Crippen LogP contribution in [0.1, 0.15) is 5.56 Å². The van der Waals surface area contributed by atoms with Gasteiger partial charge < -0.3 is 11.1 Å². The number of nitrogen functional groups attached to an aromatic ring is 1. The van der Waals surface area contributed by atoms with Crippen molar-refractivity contribution in [1.82, 2.24) is 19.6 Å². The topological polar surface area (TPSA) is 81.1 Å². The number of nitrogens with two attached hydrogens (primary N) is 1. The van der Waals surface area contributed by atoms with E-state index in [4.69, 9.17) is 17.3 Å². The van der Waals surface area contributed by atoms with Crippen LogP contribution in [0.5, 0.6) is 0 Å². The van der Waals surface area contributed by atoms with Gasteiger partial charge in [0.25, 0.3) is 0 Å². The maximum Gasteiger partial charge on any atom is 0.226 e. The van der Waals surface area contributed by atoms with Gasteiger partial charge in [-0.15, -0.1) is 10.2 Å². The number of fused-ring (bicyclic) bond motifs is 1. The van der Waals surface area contributed by atoms with Gasteiger partial charge in [-0.3, -0.25) is 4.40 Å². The van der Waals surface area contributed by atoms with Gasteiger partial charge >= 0.3 is 0 Å². The molecule has 0 amide bonds. The molecular formula is C12H11ClN6. The molecule has 96 valence electrons. The Morgan fingerprint density at radius 3 is 2.79 bits per heavy atom. The van der Waals surface area contributed by atoms with E-state index >= 15 is 0 Å². The summed E-state index contributed by atoms with van der Waals surface area (Å²) >= 11 is 5.84. The van der Waals surface area contributed by atoms with E-state index in [0.29, 0.717) is 29.0 Å². The maximum atomic E-state index is 5.84. The van der Waals surface area contributed by atoms with Crippen LogP contribution in [0, 0.1) is 0 Å². The first kappa shape index (κ1) is 11.7. The largest absolute Gasteiger partial charge is 0.368 e. The second kappa shape index (κ2) is 4.74. The fourth-order valence-electron chi connectivity index (χ4n) is 1.76. The van der Waals surface area contributed by atoms with Gasteiger partial charge in [0.1, 0.15) is 0 Å². The van der Waals surface area contributed by atoms with Crippen molar-refractivity contribution >= 4 is 29.0 Å². The van der Waals surface area contributed by atoms with Gasteiger partial charge in [-0.1, -0.05) is 23.7 Å². The molecule has 2 aromatic heterocycles. The highest BCUT2D eigenvalue weighted by molar-refractivity contribution is 6.30. The van der Waals surface area contributed by atoms with Gasteiger partial charge in [-0.25, -0.2) is 4.98 Å². The number of benzene rings is 1. The van der Waals surface area contributed by atoms with Crippen LogP contribution in [0.3, 0.4) is 0 Å². The summed E-state index contributed by atoms with van der Waals surface area (Å²) in [4.78, 5) is 4.24. The zero-order valence-corrected chi connectivity index (χ0v) is 10.7. The Bertz CT molecular complexity index is 706. The van der Waals surface area contributed by atoms with Crippen molar-refractivity contribution in [1.29, 1.82) is 0 Å². The fraction of sp³-hybridized carbons (Fsp3) is 0.0833. The first-order valence-electron chi connectivity index (χ1n) is 5.67. The highest BCUT2D eigenvalue weighted by Gasteiger charge is 2.07. The summed E-state index contributed by atoms with van der Waals surface area (Å²) in [5.41, 5.74) is 7.39. The minimum Gasteiger partial charge on any atom is -0.368 e. The number of nitrogens with zero attached hydrogens (tertiary/aromatic N) is 4. The van der Waals surface area contributed by atoms with E-state index < -0.39 is 0 Å². The standard InChI is InChI=1S/C12H11ClN6/c13-9-3-1-8(2-4-9)7-16-10-11-17-18-12(14)19(11)6-5-15-10/h1-6H,7H2,(H2,14,18)(H,15,16). The molecule has 0 saturated carbocycles. The summed E-state index contributed by atoms with van der Waals surface area (Å²) in [7, 11) is 0. The van der Waals surface area contributed by atoms with E-state index in [9.17, 15) is 0 Å². The van der Waals surface area contributed by atoms with E-state index in [0.717, 1.165) is 5.56 Å². The summed E-state index contributed by atoms with van der Waals surface area (Å²) in [5, 5.41) is 11.7. The quantitative estimate of drug-likeness (QED) is 0.763. The third kappa shape index (κ3) is 2.30. The molecule has 7 heteroatoms. The average molecular weight is 275 g/mol. The molecule has 0 bridgehead atoms. The fourth-order valence-corrected chi connectivity index (χ4v) is 1.88. The Labute approximate surface area is 114 Å². The van der Waals surface area contributed by atoms with Gasteiger partial charge in [0.05, 0.1) is 0 Å². The minimum absolute atomic E-state index is 0.340. The lowest BCUT2D eigenvalue weighted by molar-refractivity contribution is 1.07. The van der Waals surface area contributed by atoms with Crippen molar-refractivity contribution < 1.29 is 0 Å². The lowest BCUT2D eigenvalue weighted by atomic mass is 10.2. The summed E-state index contributed by atoms with van der Waals surface area (Å²) < 4.78 is 1.68. The molecule has 2 heterocycles. The molecular weight excluding hydrogens is 264 g/mol. The Balaban J connectivity index is 1.83. The van der Waals surface area contributed by atoms with Crippen LogP contribution >= 0.6 is 11.6 Å². The van der Waals surface area contributed by atoms with Crippen molar-refractivity contribution in [2.75, 3.05) is 11.1 Å². The van der Waals surface area contributed by atoms with Crippen molar-refractivity contribution in [3.8, 4) is 0 Å². The molecule has 0 aliphatic carbocycles. The van der Waals surface area contributed by atoms with Crippen LogP contribution in [0.4, 0.5) is 11.8 Å². The normalized spacial score (nSPS) is 10.8. The first-order chi connectivity index (χ1) is 9.24. The number of hydrogen-bond donors (Lipinski definition) is 2. The van der Waals surface area contributed by atoms with E-state index in [1.54, 1.807) is 16.8 Å². The molecule has 6 nitrogen and oxygen atoms in total. The number of hydrogen-bond acceptors (Lipinski definition) is 5. The molecule has 0 radical (unpaired) electrons. The van der Waals surface area contributed by atoms with Crippen molar-refractivity contribution in [2.45, 2.75) is 6.54 Å². The Morgan fingerprint density at radius 2 is 2.00 bits per heavy atom. The highest BCUT2D eigenvalue weighted by Crippen LogP contribution is 2.15. The molecule has 19 heavy (non-hydrogen) atoms. The van der Waals surface area contributed by atoms with Crippen LogP contribution in [-0.2, 0) is 6.54 Å². The third-order valence-electron chi connectivity index (χ3n) is 2.73. The van der Waals surface area contributed by atoms with E-state index in [2.05, 4.69) is 20.5 Å². The molecule has 3 N–H and O–H groups in total. The second-order valence-electron chi connectivity index (χ2n) is 4.01. The number of halogens is 1. The monoisotopic (exact) mass is 274 g/mol. The van der Waals surface area contributed by atoms with E-state index in [1.165, 1.54) is 0 Å². The Hall–Kier alpha value is -2.34. The lowest BCUT2D eigenvalue weighted by Gasteiger charge is -2.06. The predicted molar refractivity (Wildman–Crippen MR) is 74.0 cm³/mol. The third-order valence-corrected chi connectivity index (χ3v) is 2.98. The molecule has 0 fully saturated rings. The van der Waals surface area contributed by atoms with E-state index in [1.807, 2.05) is 24.3 Å². The smallest absolute Gasteiger partial charge is 0.226 e. The average Bonchev–Trinajstić information content (AvgIpc) is 2.81. The molecule has 0 aliphatic heterocycles. The van der Waals surface area contributed by atoms with Crippen LogP contribution in [0.25, 0.3) is 5.65 Å². The molecule has 1 aromatic carbocycles. The zero-order valence-electron chi connectivity index (χ0n) is 9.92. The van der Waals surface area contributed by atoms with Crippen molar-refractivity contribution in [3.63, 3.8) is 0 Å². The molecule has 0 saturated heterocycles. The lowest BCUT2D eigenvalue weighted by Crippen LogP contribution is -2.04. The highest BCUT2D eigenvalue weighted by atomic mass is 35.5. The van der Waals surface area contributed by atoms with Crippen LogP contribution in [-0.4, -0.2) is 19.6 Å². The first-order valence-corrected chi connectivity index (χ1v) is 6.05. The van der Waals surface area contributed by atoms with Gasteiger partial charge in [-0.05, 0) is 17.7 Å².